The number of guanidine groups is 1. The Morgan fingerprint density at radius 3 is 2.85 bits per heavy atom. The third kappa shape index (κ3) is 6.10. The molecule has 0 aromatic heterocycles. The van der Waals surface area contributed by atoms with Crippen LogP contribution in [0, 0.1) is 0 Å². The maximum atomic E-state index is 5.85. The Balaban J connectivity index is 2.53. The zero-order valence-electron chi connectivity index (χ0n) is 12.0. The quantitative estimate of drug-likeness (QED) is 0.456. The Kier molecular flexibility index (Phi) is 7.80. The molecule has 0 spiro atoms. The molecule has 0 aliphatic carbocycles. The molecule has 1 aromatic rings. The Labute approximate surface area is 129 Å². The molecule has 0 saturated carbocycles. The van der Waals surface area contributed by atoms with Crippen LogP contribution in [0.25, 0.3) is 0 Å². The van der Waals surface area contributed by atoms with Crippen molar-refractivity contribution in [1.82, 2.24) is 10.6 Å². The number of benzene rings is 1. The summed E-state index contributed by atoms with van der Waals surface area (Å²) in [6, 6.07) is 7.81. The molecule has 0 radical (unpaired) electrons. The molecule has 110 valence electrons. The Bertz CT molecular complexity index is 448. The number of nitrogens with one attached hydrogen (secondary N) is 2. The SMILES string of the molecule is C=CCNC(=NCC(C)Oc1ccccc1Br)NCC. The lowest BCUT2D eigenvalue weighted by molar-refractivity contribution is 0.228. The summed E-state index contributed by atoms with van der Waals surface area (Å²) in [6.45, 7) is 9.80. The van der Waals surface area contributed by atoms with Crippen LogP contribution in [-0.2, 0) is 0 Å². The smallest absolute Gasteiger partial charge is 0.191 e. The first-order chi connectivity index (χ1) is 9.67. The first-order valence-corrected chi connectivity index (χ1v) is 7.51. The van der Waals surface area contributed by atoms with Crippen LogP contribution < -0.4 is 15.4 Å². The summed E-state index contributed by atoms with van der Waals surface area (Å²) in [5.74, 6) is 1.61. The second kappa shape index (κ2) is 9.42. The average Bonchev–Trinajstić information content (AvgIpc) is 2.44. The fourth-order valence-corrected chi connectivity index (χ4v) is 1.90. The maximum Gasteiger partial charge on any atom is 0.191 e. The van der Waals surface area contributed by atoms with E-state index in [9.17, 15) is 0 Å². The van der Waals surface area contributed by atoms with E-state index in [1.165, 1.54) is 0 Å². The summed E-state index contributed by atoms with van der Waals surface area (Å²) in [7, 11) is 0. The lowest BCUT2D eigenvalue weighted by atomic mass is 10.3. The van der Waals surface area contributed by atoms with Gasteiger partial charge in [-0.3, -0.25) is 0 Å². The fraction of sp³-hybridized carbons (Fsp3) is 0.400. The van der Waals surface area contributed by atoms with E-state index < -0.39 is 0 Å². The summed E-state index contributed by atoms with van der Waals surface area (Å²) in [4.78, 5) is 4.48. The van der Waals surface area contributed by atoms with Crippen molar-refractivity contribution in [2.24, 2.45) is 4.99 Å². The maximum absolute atomic E-state index is 5.85. The Morgan fingerprint density at radius 2 is 2.20 bits per heavy atom. The summed E-state index contributed by atoms with van der Waals surface area (Å²) >= 11 is 3.47. The van der Waals surface area contributed by atoms with Crippen LogP contribution in [-0.4, -0.2) is 31.7 Å². The van der Waals surface area contributed by atoms with Crippen molar-refractivity contribution < 1.29 is 4.74 Å². The molecule has 0 amide bonds. The van der Waals surface area contributed by atoms with Crippen molar-refractivity contribution in [3.63, 3.8) is 0 Å². The van der Waals surface area contributed by atoms with Gasteiger partial charge in [0.2, 0.25) is 0 Å². The molecule has 5 heteroatoms. The summed E-state index contributed by atoms with van der Waals surface area (Å²) in [5, 5.41) is 6.33. The molecule has 0 bridgehead atoms. The lowest BCUT2D eigenvalue weighted by Crippen LogP contribution is -2.38. The largest absolute Gasteiger partial charge is 0.488 e. The molecule has 4 nitrogen and oxygen atoms in total. The molecule has 20 heavy (non-hydrogen) atoms. The van der Waals surface area contributed by atoms with Crippen LogP contribution in [0.15, 0.2) is 46.4 Å². The highest BCUT2D eigenvalue weighted by Gasteiger charge is 2.06. The van der Waals surface area contributed by atoms with Crippen LogP contribution in [0.5, 0.6) is 5.75 Å². The van der Waals surface area contributed by atoms with E-state index in [1.807, 2.05) is 38.1 Å². The van der Waals surface area contributed by atoms with Crippen molar-refractivity contribution in [2.45, 2.75) is 20.0 Å². The van der Waals surface area contributed by atoms with Gasteiger partial charge in [0.05, 0.1) is 11.0 Å². The number of rotatable bonds is 7. The van der Waals surface area contributed by atoms with E-state index >= 15 is 0 Å². The second-order valence-electron chi connectivity index (χ2n) is 4.25. The topological polar surface area (TPSA) is 45.7 Å². The zero-order chi connectivity index (χ0) is 14.8. The standard InChI is InChI=1S/C15H22BrN3O/c1-4-10-18-15(17-5-2)19-11-12(3)20-14-9-7-6-8-13(14)16/h4,6-9,12H,1,5,10-11H2,2-3H3,(H2,17,18,19). The highest BCUT2D eigenvalue weighted by molar-refractivity contribution is 9.10. The van der Waals surface area contributed by atoms with Gasteiger partial charge in [0.15, 0.2) is 5.96 Å². The van der Waals surface area contributed by atoms with Crippen LogP contribution in [0.3, 0.4) is 0 Å². The summed E-state index contributed by atoms with van der Waals surface area (Å²) < 4.78 is 6.80. The van der Waals surface area contributed by atoms with Crippen LogP contribution >= 0.6 is 15.9 Å². The molecule has 2 N–H and O–H groups in total. The van der Waals surface area contributed by atoms with Crippen molar-refractivity contribution >= 4 is 21.9 Å². The van der Waals surface area contributed by atoms with Crippen molar-refractivity contribution in [3.8, 4) is 5.75 Å². The van der Waals surface area contributed by atoms with Gasteiger partial charge in [-0.05, 0) is 41.9 Å². The molecule has 1 aromatic carbocycles. The van der Waals surface area contributed by atoms with E-state index in [-0.39, 0.29) is 6.10 Å². The predicted molar refractivity (Wildman–Crippen MR) is 88.4 cm³/mol. The van der Waals surface area contributed by atoms with Crippen LogP contribution in [0.2, 0.25) is 0 Å². The fourth-order valence-electron chi connectivity index (χ4n) is 1.52. The number of para-hydroxylation sites is 1. The molecule has 1 rings (SSSR count). The Morgan fingerprint density at radius 1 is 1.45 bits per heavy atom. The van der Waals surface area contributed by atoms with E-state index in [0.717, 1.165) is 22.7 Å². The highest BCUT2D eigenvalue weighted by Crippen LogP contribution is 2.24. The first kappa shape index (κ1) is 16.6. The predicted octanol–water partition coefficient (Wildman–Crippen LogP) is 2.96. The molecule has 0 aliphatic heterocycles. The Hall–Kier alpha value is -1.49. The van der Waals surface area contributed by atoms with Crippen LogP contribution in [0.4, 0.5) is 0 Å². The van der Waals surface area contributed by atoms with Gasteiger partial charge in [0, 0.05) is 13.1 Å². The number of hydrogen-bond acceptors (Lipinski definition) is 2. The third-order valence-corrected chi connectivity index (χ3v) is 3.08. The van der Waals surface area contributed by atoms with Crippen molar-refractivity contribution in [2.75, 3.05) is 19.6 Å². The lowest BCUT2D eigenvalue weighted by Gasteiger charge is -2.15. The molecule has 1 unspecified atom stereocenters. The number of hydrogen-bond donors (Lipinski definition) is 2. The normalized spacial score (nSPS) is 12.7. The minimum absolute atomic E-state index is 0.00659. The van der Waals surface area contributed by atoms with E-state index in [0.29, 0.717) is 13.1 Å². The van der Waals surface area contributed by atoms with Crippen molar-refractivity contribution in [3.05, 3.63) is 41.4 Å². The average molecular weight is 340 g/mol. The molecule has 0 heterocycles. The molecule has 0 saturated heterocycles. The van der Waals surface area contributed by atoms with Gasteiger partial charge >= 0.3 is 0 Å². The van der Waals surface area contributed by atoms with Gasteiger partial charge in [-0.1, -0.05) is 18.2 Å². The van der Waals surface area contributed by atoms with Gasteiger partial charge in [0.25, 0.3) is 0 Å². The van der Waals surface area contributed by atoms with E-state index in [4.69, 9.17) is 4.74 Å². The van der Waals surface area contributed by atoms with Gasteiger partial charge < -0.3 is 15.4 Å². The van der Waals surface area contributed by atoms with E-state index in [2.05, 4.69) is 38.1 Å². The molecular weight excluding hydrogens is 318 g/mol. The molecule has 0 fully saturated rings. The number of ether oxygens (including phenoxy) is 1. The first-order valence-electron chi connectivity index (χ1n) is 6.71. The van der Waals surface area contributed by atoms with Gasteiger partial charge in [-0.15, -0.1) is 6.58 Å². The summed E-state index contributed by atoms with van der Waals surface area (Å²) in [6.07, 6.45) is 1.79. The van der Waals surface area contributed by atoms with E-state index in [1.54, 1.807) is 6.08 Å². The minimum Gasteiger partial charge on any atom is -0.488 e. The number of halogens is 1. The second-order valence-corrected chi connectivity index (χ2v) is 5.10. The van der Waals surface area contributed by atoms with Crippen LogP contribution in [0.1, 0.15) is 13.8 Å². The molecule has 1 atom stereocenters. The monoisotopic (exact) mass is 339 g/mol. The van der Waals surface area contributed by atoms with Gasteiger partial charge in [0.1, 0.15) is 11.9 Å². The van der Waals surface area contributed by atoms with Gasteiger partial charge in [-0.25, -0.2) is 4.99 Å². The number of aliphatic imine (C=N–C) groups is 1. The highest BCUT2D eigenvalue weighted by atomic mass is 79.9. The minimum atomic E-state index is -0.00659. The molecule has 0 aliphatic rings. The third-order valence-electron chi connectivity index (χ3n) is 2.43. The van der Waals surface area contributed by atoms with Gasteiger partial charge in [-0.2, -0.15) is 0 Å². The number of nitrogens with zero attached hydrogens (tertiary/aromatic N) is 1. The summed E-state index contributed by atoms with van der Waals surface area (Å²) in [5.41, 5.74) is 0. The zero-order valence-corrected chi connectivity index (χ0v) is 13.6. The van der Waals surface area contributed by atoms with Crippen molar-refractivity contribution in [1.29, 1.82) is 0 Å². The molecular formula is C15H22BrN3O.